The molecule has 31 heavy (non-hydrogen) atoms. The third-order valence-electron chi connectivity index (χ3n) is 5.00. The van der Waals surface area contributed by atoms with Crippen molar-refractivity contribution >= 4 is 0 Å². The SMILES string of the molecule is c1ccc2c(c1)OCCOCCOCCOCCOc1ccccc1-c1ccc-2cc1. The summed E-state index contributed by atoms with van der Waals surface area (Å²) in [7, 11) is 0. The Bertz CT molecular complexity index is 862. The van der Waals surface area contributed by atoms with Crippen LogP contribution in [0.2, 0.25) is 0 Å². The van der Waals surface area contributed by atoms with Crippen LogP contribution in [0.25, 0.3) is 22.3 Å². The molecule has 0 N–H and O–H groups in total. The summed E-state index contributed by atoms with van der Waals surface area (Å²) in [4.78, 5) is 0. The molecule has 0 radical (unpaired) electrons. The summed E-state index contributed by atoms with van der Waals surface area (Å²) in [5, 5.41) is 0. The highest BCUT2D eigenvalue weighted by molar-refractivity contribution is 5.76. The third-order valence-corrected chi connectivity index (χ3v) is 5.00. The summed E-state index contributed by atoms with van der Waals surface area (Å²) >= 11 is 0. The van der Waals surface area contributed by atoms with Crippen LogP contribution in [0.15, 0.2) is 72.8 Å². The lowest BCUT2D eigenvalue weighted by Crippen LogP contribution is -2.14. The van der Waals surface area contributed by atoms with Crippen molar-refractivity contribution in [1.29, 1.82) is 0 Å². The van der Waals surface area contributed by atoms with Gasteiger partial charge in [-0.15, -0.1) is 0 Å². The molecule has 5 rings (SSSR count). The van der Waals surface area contributed by atoms with Crippen molar-refractivity contribution in [3.63, 3.8) is 0 Å². The summed E-state index contributed by atoms with van der Waals surface area (Å²) in [6.07, 6.45) is 0. The zero-order valence-electron chi connectivity index (χ0n) is 17.6. The zero-order valence-corrected chi connectivity index (χ0v) is 17.6. The summed E-state index contributed by atoms with van der Waals surface area (Å²) < 4.78 is 28.7. The van der Waals surface area contributed by atoms with Crippen LogP contribution in [-0.4, -0.2) is 52.9 Å². The van der Waals surface area contributed by atoms with E-state index >= 15 is 0 Å². The van der Waals surface area contributed by atoms with Crippen molar-refractivity contribution in [2.24, 2.45) is 0 Å². The van der Waals surface area contributed by atoms with E-state index < -0.39 is 0 Å². The number of fused-ring (bicyclic) bond motifs is 14. The minimum atomic E-state index is 0.489. The van der Waals surface area contributed by atoms with Gasteiger partial charge in [0.25, 0.3) is 0 Å². The predicted octanol–water partition coefficient (Wildman–Crippen LogP) is 4.84. The third kappa shape index (κ3) is 6.07. The van der Waals surface area contributed by atoms with E-state index in [0.29, 0.717) is 52.9 Å². The van der Waals surface area contributed by atoms with E-state index in [1.165, 1.54) is 0 Å². The summed E-state index contributed by atoms with van der Waals surface area (Å²) in [6, 6.07) is 24.6. The molecule has 2 heterocycles. The maximum Gasteiger partial charge on any atom is 0.127 e. The molecule has 5 nitrogen and oxygen atoms in total. The van der Waals surface area contributed by atoms with Gasteiger partial charge in [-0.05, 0) is 23.3 Å². The Hall–Kier alpha value is -2.86. The largest absolute Gasteiger partial charge is 0.491 e. The maximum absolute atomic E-state index is 5.99. The molecular formula is C26H28O5. The average molecular weight is 421 g/mol. The van der Waals surface area contributed by atoms with Gasteiger partial charge < -0.3 is 23.7 Å². The first-order valence-corrected chi connectivity index (χ1v) is 10.7. The van der Waals surface area contributed by atoms with E-state index in [1.807, 2.05) is 36.4 Å². The highest BCUT2D eigenvalue weighted by atomic mass is 16.6. The fourth-order valence-electron chi connectivity index (χ4n) is 3.45. The number of hydrogen-bond acceptors (Lipinski definition) is 5. The van der Waals surface area contributed by atoms with Crippen LogP contribution < -0.4 is 9.47 Å². The summed E-state index contributed by atoms with van der Waals surface area (Å²) in [5.41, 5.74) is 4.33. The van der Waals surface area contributed by atoms with Gasteiger partial charge in [-0.3, -0.25) is 0 Å². The van der Waals surface area contributed by atoms with Crippen LogP contribution in [0.3, 0.4) is 0 Å². The van der Waals surface area contributed by atoms with Crippen molar-refractivity contribution < 1.29 is 23.7 Å². The van der Waals surface area contributed by atoms with Gasteiger partial charge in [-0.1, -0.05) is 60.7 Å². The summed E-state index contributed by atoms with van der Waals surface area (Å²) in [6.45, 7) is 4.15. The zero-order chi connectivity index (χ0) is 21.1. The monoisotopic (exact) mass is 420 g/mol. The van der Waals surface area contributed by atoms with Crippen LogP contribution in [-0.2, 0) is 14.2 Å². The molecule has 0 aromatic heterocycles. The van der Waals surface area contributed by atoms with Gasteiger partial charge in [0.1, 0.15) is 24.7 Å². The van der Waals surface area contributed by atoms with E-state index in [-0.39, 0.29) is 0 Å². The van der Waals surface area contributed by atoms with Gasteiger partial charge in [0.2, 0.25) is 0 Å². The lowest BCUT2D eigenvalue weighted by molar-refractivity contribution is 0.00504. The van der Waals surface area contributed by atoms with Crippen LogP contribution in [0.5, 0.6) is 11.5 Å². The number of para-hydroxylation sites is 2. The smallest absolute Gasteiger partial charge is 0.127 e. The Morgan fingerprint density at radius 1 is 0.387 bits per heavy atom. The minimum absolute atomic E-state index is 0.489. The molecule has 0 atom stereocenters. The number of rotatable bonds is 0. The second-order valence-electron chi connectivity index (χ2n) is 7.10. The van der Waals surface area contributed by atoms with Crippen LogP contribution in [0, 0.1) is 0 Å². The lowest BCUT2D eigenvalue weighted by Gasteiger charge is -2.14. The van der Waals surface area contributed by atoms with E-state index in [1.54, 1.807) is 0 Å². The Morgan fingerprint density at radius 2 is 0.742 bits per heavy atom. The molecule has 0 saturated heterocycles. The van der Waals surface area contributed by atoms with Crippen LogP contribution in [0.4, 0.5) is 0 Å². The molecule has 3 aromatic carbocycles. The normalized spacial score (nSPS) is 16.1. The van der Waals surface area contributed by atoms with Gasteiger partial charge in [-0.25, -0.2) is 0 Å². The first kappa shape index (κ1) is 21.4. The van der Waals surface area contributed by atoms with Crippen molar-refractivity contribution in [1.82, 2.24) is 0 Å². The van der Waals surface area contributed by atoms with Crippen molar-refractivity contribution in [3.8, 4) is 33.8 Å². The molecule has 0 saturated carbocycles. The molecule has 0 unspecified atom stereocenters. The lowest BCUT2D eigenvalue weighted by atomic mass is 9.99. The van der Waals surface area contributed by atoms with Crippen molar-refractivity contribution in [2.75, 3.05) is 52.9 Å². The fraction of sp³-hybridized carbons (Fsp3) is 0.308. The molecular weight excluding hydrogens is 392 g/mol. The van der Waals surface area contributed by atoms with Crippen LogP contribution >= 0.6 is 0 Å². The molecule has 162 valence electrons. The van der Waals surface area contributed by atoms with E-state index in [4.69, 9.17) is 23.7 Å². The van der Waals surface area contributed by atoms with Crippen molar-refractivity contribution in [2.45, 2.75) is 0 Å². The highest BCUT2D eigenvalue weighted by Gasteiger charge is 2.09. The topological polar surface area (TPSA) is 46.2 Å². The molecule has 5 heteroatoms. The number of ether oxygens (including phenoxy) is 5. The molecule has 2 bridgehead atoms. The van der Waals surface area contributed by atoms with Gasteiger partial charge in [0, 0.05) is 11.1 Å². The van der Waals surface area contributed by atoms with E-state index in [0.717, 1.165) is 33.8 Å². The summed E-state index contributed by atoms with van der Waals surface area (Å²) in [5.74, 6) is 1.70. The molecule has 2 aliphatic heterocycles. The molecule has 0 fully saturated rings. The van der Waals surface area contributed by atoms with Gasteiger partial charge in [-0.2, -0.15) is 0 Å². The van der Waals surface area contributed by atoms with Gasteiger partial charge in [0.15, 0.2) is 0 Å². The minimum Gasteiger partial charge on any atom is -0.491 e. The number of hydrogen-bond donors (Lipinski definition) is 0. The van der Waals surface area contributed by atoms with Gasteiger partial charge >= 0.3 is 0 Å². The molecule has 0 aliphatic carbocycles. The maximum atomic E-state index is 5.99. The predicted molar refractivity (Wildman–Crippen MR) is 121 cm³/mol. The quantitative estimate of drug-likeness (QED) is 0.487. The molecule has 3 aromatic rings. The average Bonchev–Trinajstić information content (AvgIpc) is 2.82. The first-order valence-electron chi connectivity index (χ1n) is 10.7. The molecule has 2 aliphatic rings. The molecule has 0 spiro atoms. The Balaban J connectivity index is 1.56. The Morgan fingerprint density at radius 3 is 1.16 bits per heavy atom. The fourth-order valence-corrected chi connectivity index (χ4v) is 3.45. The van der Waals surface area contributed by atoms with E-state index in [2.05, 4.69) is 36.4 Å². The van der Waals surface area contributed by atoms with Gasteiger partial charge in [0.05, 0.1) is 39.6 Å². The van der Waals surface area contributed by atoms with Crippen molar-refractivity contribution in [3.05, 3.63) is 72.8 Å². The number of benzene rings is 3. The Labute approximate surface area is 183 Å². The second-order valence-corrected chi connectivity index (χ2v) is 7.10. The Kier molecular flexibility index (Phi) is 7.94. The molecule has 0 amide bonds. The van der Waals surface area contributed by atoms with Crippen LogP contribution in [0.1, 0.15) is 0 Å². The second kappa shape index (κ2) is 11.5. The highest BCUT2D eigenvalue weighted by Crippen LogP contribution is 2.34. The first-order chi connectivity index (χ1) is 15.4. The van der Waals surface area contributed by atoms with E-state index in [9.17, 15) is 0 Å². The standard InChI is InChI=1S/C26H28O5/c1-3-7-25-23(5-1)21-9-11-22(12-10-21)24-6-2-4-8-26(24)31-20-18-29-16-14-27-13-15-28-17-19-30-25/h1-12H,13-20H2.